The Bertz CT molecular complexity index is 722. The molecule has 0 bridgehead atoms. The van der Waals surface area contributed by atoms with Crippen LogP contribution in [0.15, 0.2) is 40.7 Å². The van der Waals surface area contributed by atoms with Crippen LogP contribution in [-0.4, -0.2) is 28.8 Å². The van der Waals surface area contributed by atoms with Gasteiger partial charge in [-0.15, -0.1) is 0 Å². The number of benzene rings is 1. The molecular formula is C15H16ClN5O2. The Labute approximate surface area is 138 Å². The van der Waals surface area contributed by atoms with Crippen LogP contribution in [0, 0.1) is 0 Å². The number of hydrogen-bond acceptors (Lipinski definition) is 5. The first-order valence-corrected chi connectivity index (χ1v) is 7.50. The van der Waals surface area contributed by atoms with Gasteiger partial charge in [-0.1, -0.05) is 11.6 Å². The number of hydrazine groups is 1. The van der Waals surface area contributed by atoms with Crippen molar-refractivity contribution in [3.8, 4) is 0 Å². The van der Waals surface area contributed by atoms with Gasteiger partial charge in [0.15, 0.2) is 0 Å². The average molecular weight is 334 g/mol. The van der Waals surface area contributed by atoms with E-state index < -0.39 is 6.04 Å². The monoisotopic (exact) mass is 333 g/mol. The molecule has 1 fully saturated rings. The molecule has 1 saturated heterocycles. The first kappa shape index (κ1) is 15.4. The predicted octanol–water partition coefficient (Wildman–Crippen LogP) is 1.59. The highest BCUT2D eigenvalue weighted by molar-refractivity contribution is 6.30. The summed E-state index contributed by atoms with van der Waals surface area (Å²) in [5, 5.41) is 7.61. The van der Waals surface area contributed by atoms with Crippen molar-refractivity contribution in [2.45, 2.75) is 26.3 Å². The maximum atomic E-state index is 12.5. The van der Waals surface area contributed by atoms with Crippen molar-refractivity contribution in [2.24, 2.45) is 4.99 Å². The van der Waals surface area contributed by atoms with Gasteiger partial charge in [0, 0.05) is 10.7 Å². The highest BCUT2D eigenvalue weighted by Crippen LogP contribution is 2.20. The number of halogens is 1. The third-order valence-electron chi connectivity index (χ3n) is 3.50. The molecule has 0 aromatic heterocycles. The zero-order chi connectivity index (χ0) is 16.6. The van der Waals surface area contributed by atoms with Gasteiger partial charge in [0.25, 0.3) is 0 Å². The van der Waals surface area contributed by atoms with Crippen LogP contribution in [0.2, 0.25) is 5.02 Å². The van der Waals surface area contributed by atoms with E-state index >= 15 is 0 Å². The molecular weight excluding hydrogens is 318 g/mol. The lowest BCUT2D eigenvalue weighted by molar-refractivity contribution is -0.129. The lowest BCUT2D eigenvalue weighted by Gasteiger charge is -2.32. The molecule has 3 N–H and O–H groups in total. The van der Waals surface area contributed by atoms with Crippen LogP contribution in [0.4, 0.5) is 5.69 Å². The third kappa shape index (κ3) is 3.14. The summed E-state index contributed by atoms with van der Waals surface area (Å²) in [6.07, 6.45) is 0.0431. The van der Waals surface area contributed by atoms with E-state index in [0.717, 1.165) is 5.57 Å². The number of hydrogen-bond donors (Lipinski definition) is 3. The molecule has 0 spiro atoms. The maximum absolute atomic E-state index is 12.5. The molecule has 7 nitrogen and oxygen atoms in total. The van der Waals surface area contributed by atoms with Crippen LogP contribution in [0.1, 0.15) is 20.3 Å². The number of anilines is 1. The van der Waals surface area contributed by atoms with E-state index in [-0.39, 0.29) is 18.2 Å². The topological polar surface area (TPSA) is 85.8 Å². The second kappa shape index (κ2) is 5.92. The van der Waals surface area contributed by atoms with Crippen LogP contribution in [0.25, 0.3) is 0 Å². The highest BCUT2D eigenvalue weighted by atomic mass is 35.5. The summed E-state index contributed by atoms with van der Waals surface area (Å²) in [6, 6.07) is 6.10. The van der Waals surface area contributed by atoms with Crippen molar-refractivity contribution in [1.82, 2.24) is 15.8 Å². The molecule has 1 aromatic rings. The Balaban J connectivity index is 1.80. The van der Waals surface area contributed by atoms with Crippen LogP contribution in [0.5, 0.6) is 0 Å². The van der Waals surface area contributed by atoms with Crippen molar-refractivity contribution in [1.29, 1.82) is 0 Å². The number of fused-ring (bicyclic) bond motifs is 1. The fourth-order valence-electron chi connectivity index (χ4n) is 2.30. The molecule has 0 radical (unpaired) electrons. The van der Waals surface area contributed by atoms with E-state index in [1.165, 1.54) is 0 Å². The maximum Gasteiger partial charge on any atom is 0.249 e. The van der Waals surface area contributed by atoms with Gasteiger partial charge < -0.3 is 5.32 Å². The van der Waals surface area contributed by atoms with Crippen molar-refractivity contribution in [3.63, 3.8) is 0 Å². The van der Waals surface area contributed by atoms with Crippen molar-refractivity contribution < 1.29 is 9.59 Å². The molecule has 0 saturated carbocycles. The average Bonchev–Trinajstić information content (AvgIpc) is 2.92. The zero-order valence-corrected chi connectivity index (χ0v) is 13.4. The second-order valence-electron chi connectivity index (χ2n) is 5.53. The SMILES string of the molecule is CC(C)=C1N=C2NC(=O)CC(C(=O)Nc3ccc(Cl)cc3)N2N1. The van der Waals surface area contributed by atoms with Crippen LogP contribution >= 0.6 is 11.6 Å². The van der Waals surface area contributed by atoms with E-state index in [1.807, 2.05) is 13.8 Å². The molecule has 1 unspecified atom stereocenters. The summed E-state index contributed by atoms with van der Waals surface area (Å²) in [5.41, 5.74) is 4.62. The number of nitrogens with one attached hydrogen (secondary N) is 3. The number of guanidine groups is 1. The summed E-state index contributed by atoms with van der Waals surface area (Å²) >= 11 is 5.83. The van der Waals surface area contributed by atoms with Crippen molar-refractivity contribution in [2.75, 3.05) is 5.32 Å². The van der Waals surface area contributed by atoms with E-state index in [9.17, 15) is 9.59 Å². The van der Waals surface area contributed by atoms with Crippen LogP contribution < -0.4 is 16.1 Å². The molecule has 0 aliphatic carbocycles. The molecule has 8 heteroatoms. The summed E-state index contributed by atoms with van der Waals surface area (Å²) in [7, 11) is 0. The molecule has 2 aliphatic heterocycles. The first-order valence-electron chi connectivity index (χ1n) is 7.12. The van der Waals surface area contributed by atoms with Gasteiger partial charge in [-0.2, -0.15) is 4.99 Å². The van der Waals surface area contributed by atoms with Crippen molar-refractivity contribution >= 4 is 35.1 Å². The van der Waals surface area contributed by atoms with E-state index in [0.29, 0.717) is 22.5 Å². The number of rotatable bonds is 2. The second-order valence-corrected chi connectivity index (χ2v) is 5.97. The van der Waals surface area contributed by atoms with Gasteiger partial charge in [-0.05, 0) is 43.7 Å². The number of nitrogens with zero attached hydrogens (tertiary/aromatic N) is 2. The van der Waals surface area contributed by atoms with Crippen LogP contribution in [-0.2, 0) is 9.59 Å². The largest absolute Gasteiger partial charge is 0.324 e. The first-order chi connectivity index (χ1) is 10.9. The Hall–Kier alpha value is -2.54. The molecule has 2 amide bonds. The van der Waals surface area contributed by atoms with Crippen molar-refractivity contribution in [3.05, 3.63) is 40.7 Å². The van der Waals surface area contributed by atoms with Gasteiger partial charge in [0.05, 0.1) is 6.42 Å². The number of aliphatic imine (C=N–C) groups is 1. The number of carbonyl (C=O) groups is 2. The molecule has 1 aromatic carbocycles. The lowest BCUT2D eigenvalue weighted by atomic mass is 10.1. The van der Waals surface area contributed by atoms with E-state index in [4.69, 9.17) is 11.6 Å². The van der Waals surface area contributed by atoms with E-state index in [1.54, 1.807) is 29.3 Å². The summed E-state index contributed by atoms with van der Waals surface area (Å²) < 4.78 is 0. The number of allylic oxidation sites excluding steroid dienone is 1. The van der Waals surface area contributed by atoms with E-state index in [2.05, 4.69) is 21.1 Å². The van der Waals surface area contributed by atoms with Gasteiger partial charge in [0.1, 0.15) is 11.9 Å². The summed E-state index contributed by atoms with van der Waals surface area (Å²) in [5.74, 6) is 0.436. The zero-order valence-electron chi connectivity index (χ0n) is 12.7. The Morgan fingerprint density at radius 3 is 2.70 bits per heavy atom. The minimum absolute atomic E-state index is 0.0431. The molecule has 3 rings (SSSR count). The van der Waals surface area contributed by atoms with Gasteiger partial charge >= 0.3 is 0 Å². The molecule has 2 aliphatic rings. The number of amides is 2. The summed E-state index contributed by atoms with van der Waals surface area (Å²) in [4.78, 5) is 28.7. The van der Waals surface area contributed by atoms with Gasteiger partial charge in [-0.3, -0.25) is 20.3 Å². The Kier molecular flexibility index (Phi) is 3.96. The summed E-state index contributed by atoms with van der Waals surface area (Å²) in [6.45, 7) is 3.80. The quantitative estimate of drug-likeness (QED) is 0.767. The fourth-order valence-corrected chi connectivity index (χ4v) is 2.43. The Morgan fingerprint density at radius 2 is 2.04 bits per heavy atom. The standard InChI is InChI=1S/C15H16ClN5O2/c1-8(2)13-19-15-18-12(22)7-11(21(15)20-13)14(23)17-10-5-3-9(16)4-6-10/h3-6,11,20H,7H2,1-2H3,(H,17,23)(H,18,19,22). The molecule has 23 heavy (non-hydrogen) atoms. The minimum Gasteiger partial charge on any atom is -0.324 e. The van der Waals surface area contributed by atoms with Crippen LogP contribution in [0.3, 0.4) is 0 Å². The minimum atomic E-state index is -0.685. The lowest BCUT2D eigenvalue weighted by Crippen LogP contribution is -2.61. The smallest absolute Gasteiger partial charge is 0.249 e. The molecule has 1 atom stereocenters. The highest BCUT2D eigenvalue weighted by Gasteiger charge is 2.39. The third-order valence-corrected chi connectivity index (χ3v) is 3.75. The predicted molar refractivity (Wildman–Crippen MR) is 87.4 cm³/mol. The van der Waals surface area contributed by atoms with Gasteiger partial charge in [-0.25, -0.2) is 5.01 Å². The van der Waals surface area contributed by atoms with Gasteiger partial charge in [0.2, 0.25) is 17.8 Å². The molecule has 2 heterocycles. The number of carbonyl (C=O) groups excluding carboxylic acids is 2. The molecule has 120 valence electrons. The Morgan fingerprint density at radius 1 is 1.35 bits per heavy atom. The fraction of sp³-hybridized carbons (Fsp3) is 0.267. The normalized spacial score (nSPS) is 19.5.